The fourth-order valence-electron chi connectivity index (χ4n) is 3.28. The van der Waals surface area contributed by atoms with E-state index in [4.69, 9.17) is 25.8 Å². The molecule has 3 aromatic rings. The van der Waals surface area contributed by atoms with Gasteiger partial charge in [-0.1, -0.05) is 29.8 Å². The Labute approximate surface area is 201 Å². The summed E-state index contributed by atoms with van der Waals surface area (Å²) in [6.45, 7) is 3.86. The van der Waals surface area contributed by atoms with Gasteiger partial charge in [0.1, 0.15) is 10.6 Å². The number of anilines is 1. The molecule has 1 amide bonds. The Morgan fingerprint density at radius 2 is 1.76 bits per heavy atom. The minimum atomic E-state index is -0.494. The zero-order valence-electron chi connectivity index (χ0n) is 18.7. The average molecular weight is 486 g/mol. The Kier molecular flexibility index (Phi) is 8.14. The van der Waals surface area contributed by atoms with Crippen LogP contribution in [-0.4, -0.2) is 32.7 Å². The molecular weight excluding hydrogens is 462 g/mol. The number of aryl methyl sites for hydroxylation is 1. The number of methoxy groups -OCH3 is 2. The maximum atomic E-state index is 12.8. The molecule has 172 valence electrons. The summed E-state index contributed by atoms with van der Waals surface area (Å²) in [5, 5.41) is 3.85. The standard InChI is InChI=1S/C25H24ClNO5S/c1-5-32-25(29)23-22(17-8-10-18(26)11-9-17)15(2)33-24(23)27-21(28)13-7-16-6-12-19(30-3)20(14-16)31-4/h6-14H,5H2,1-4H3,(H,27,28)/b13-7+. The smallest absolute Gasteiger partial charge is 0.341 e. The molecule has 8 heteroatoms. The molecule has 1 N–H and O–H groups in total. The molecule has 33 heavy (non-hydrogen) atoms. The number of nitrogens with one attached hydrogen (secondary N) is 1. The number of esters is 1. The van der Waals surface area contributed by atoms with Gasteiger partial charge in [-0.05, 0) is 55.3 Å². The summed E-state index contributed by atoms with van der Waals surface area (Å²) in [5.74, 6) is 0.290. The number of benzene rings is 2. The molecule has 0 unspecified atom stereocenters. The van der Waals surface area contributed by atoms with E-state index in [9.17, 15) is 9.59 Å². The minimum Gasteiger partial charge on any atom is -0.493 e. The first-order valence-electron chi connectivity index (χ1n) is 10.2. The predicted octanol–water partition coefficient (Wildman–Crippen LogP) is 6.22. The van der Waals surface area contributed by atoms with Crippen LogP contribution in [0.5, 0.6) is 11.5 Å². The van der Waals surface area contributed by atoms with Crippen molar-refractivity contribution in [2.24, 2.45) is 0 Å². The summed E-state index contributed by atoms with van der Waals surface area (Å²) < 4.78 is 15.8. The summed E-state index contributed by atoms with van der Waals surface area (Å²) in [4.78, 5) is 26.4. The van der Waals surface area contributed by atoms with E-state index in [2.05, 4.69) is 5.32 Å². The molecule has 0 saturated heterocycles. The van der Waals surface area contributed by atoms with Gasteiger partial charge in [-0.15, -0.1) is 11.3 Å². The molecule has 0 aliphatic heterocycles. The quantitative estimate of drug-likeness (QED) is 0.302. The van der Waals surface area contributed by atoms with Crippen LogP contribution in [0.3, 0.4) is 0 Å². The van der Waals surface area contributed by atoms with Gasteiger partial charge in [-0.3, -0.25) is 4.79 Å². The van der Waals surface area contributed by atoms with Gasteiger partial charge in [0, 0.05) is 21.5 Å². The van der Waals surface area contributed by atoms with Crippen molar-refractivity contribution in [3.05, 3.63) is 69.6 Å². The maximum absolute atomic E-state index is 12.8. The van der Waals surface area contributed by atoms with Gasteiger partial charge in [0.05, 0.1) is 20.8 Å². The van der Waals surface area contributed by atoms with Crippen molar-refractivity contribution in [2.75, 3.05) is 26.1 Å². The van der Waals surface area contributed by atoms with Gasteiger partial charge < -0.3 is 19.5 Å². The Balaban J connectivity index is 1.90. The first kappa shape index (κ1) is 24.4. The van der Waals surface area contributed by atoms with Gasteiger partial charge in [0.2, 0.25) is 5.91 Å². The van der Waals surface area contributed by atoms with Gasteiger partial charge >= 0.3 is 5.97 Å². The average Bonchev–Trinajstić information content (AvgIpc) is 3.13. The monoisotopic (exact) mass is 485 g/mol. The molecular formula is C25H24ClNO5S. The summed E-state index contributed by atoms with van der Waals surface area (Å²) in [7, 11) is 3.11. The van der Waals surface area contributed by atoms with Gasteiger partial charge in [-0.2, -0.15) is 0 Å². The van der Waals surface area contributed by atoms with Gasteiger partial charge in [0.25, 0.3) is 0 Å². The third kappa shape index (κ3) is 5.74. The van der Waals surface area contributed by atoms with Crippen molar-refractivity contribution < 1.29 is 23.8 Å². The second-order valence-electron chi connectivity index (χ2n) is 6.90. The summed E-state index contributed by atoms with van der Waals surface area (Å²) in [6.07, 6.45) is 3.05. The molecule has 0 saturated carbocycles. The van der Waals surface area contributed by atoms with Crippen molar-refractivity contribution in [3.63, 3.8) is 0 Å². The number of amides is 1. The maximum Gasteiger partial charge on any atom is 0.341 e. The zero-order chi connectivity index (χ0) is 24.0. The van der Waals surface area contributed by atoms with Crippen LogP contribution in [0.2, 0.25) is 5.02 Å². The molecule has 6 nitrogen and oxygen atoms in total. The van der Waals surface area contributed by atoms with E-state index >= 15 is 0 Å². The third-order valence-corrected chi connectivity index (χ3v) is 6.04. The molecule has 3 rings (SSSR count). The van der Waals surface area contributed by atoms with E-state index in [1.807, 2.05) is 25.1 Å². The number of carbonyl (C=O) groups is 2. The molecule has 0 radical (unpaired) electrons. The lowest BCUT2D eigenvalue weighted by atomic mass is 10.0. The SMILES string of the molecule is CCOC(=O)c1c(NC(=O)/C=C/c2ccc(OC)c(OC)c2)sc(C)c1-c1ccc(Cl)cc1. The van der Waals surface area contributed by atoms with E-state index in [-0.39, 0.29) is 12.5 Å². The van der Waals surface area contributed by atoms with Crippen LogP contribution >= 0.6 is 22.9 Å². The highest BCUT2D eigenvalue weighted by atomic mass is 35.5. The Morgan fingerprint density at radius 1 is 1.06 bits per heavy atom. The zero-order valence-corrected chi connectivity index (χ0v) is 20.3. The highest BCUT2D eigenvalue weighted by Gasteiger charge is 2.25. The number of hydrogen-bond donors (Lipinski definition) is 1. The Morgan fingerprint density at radius 3 is 2.39 bits per heavy atom. The molecule has 0 atom stereocenters. The first-order valence-corrected chi connectivity index (χ1v) is 11.3. The van der Waals surface area contributed by atoms with Crippen LogP contribution in [0.1, 0.15) is 27.7 Å². The van der Waals surface area contributed by atoms with E-state index in [0.29, 0.717) is 32.6 Å². The third-order valence-electron chi connectivity index (χ3n) is 4.77. The molecule has 0 bridgehead atoms. The van der Waals surface area contributed by atoms with E-state index in [1.54, 1.807) is 51.5 Å². The fraction of sp³-hybridized carbons (Fsp3) is 0.200. The number of halogens is 1. The summed E-state index contributed by atoms with van der Waals surface area (Å²) >= 11 is 7.34. The highest BCUT2D eigenvalue weighted by molar-refractivity contribution is 7.17. The van der Waals surface area contributed by atoms with E-state index in [0.717, 1.165) is 16.0 Å². The van der Waals surface area contributed by atoms with Crippen LogP contribution in [0, 0.1) is 6.92 Å². The number of rotatable bonds is 8. The van der Waals surface area contributed by atoms with Crippen LogP contribution < -0.4 is 14.8 Å². The highest BCUT2D eigenvalue weighted by Crippen LogP contribution is 2.40. The largest absolute Gasteiger partial charge is 0.493 e. The molecule has 0 aliphatic rings. The number of carbonyl (C=O) groups excluding carboxylic acids is 2. The summed E-state index contributed by atoms with van der Waals surface area (Å²) in [5.41, 5.74) is 2.62. The van der Waals surface area contributed by atoms with Crippen molar-refractivity contribution in [1.82, 2.24) is 0 Å². The Bertz CT molecular complexity index is 1180. The second-order valence-corrected chi connectivity index (χ2v) is 8.56. The van der Waals surface area contributed by atoms with Gasteiger partial charge in [0.15, 0.2) is 11.5 Å². The van der Waals surface area contributed by atoms with Crippen molar-refractivity contribution >= 4 is 45.9 Å². The lowest BCUT2D eigenvalue weighted by molar-refractivity contribution is -0.111. The number of ether oxygens (including phenoxy) is 3. The van der Waals surface area contributed by atoms with Crippen molar-refractivity contribution in [2.45, 2.75) is 13.8 Å². The second kappa shape index (κ2) is 11.0. The number of thiophene rings is 1. The first-order chi connectivity index (χ1) is 15.9. The molecule has 1 heterocycles. The van der Waals surface area contributed by atoms with E-state index in [1.165, 1.54) is 17.4 Å². The van der Waals surface area contributed by atoms with E-state index < -0.39 is 5.97 Å². The molecule has 0 spiro atoms. The normalized spacial score (nSPS) is 10.8. The molecule has 0 fully saturated rings. The lowest BCUT2D eigenvalue weighted by Crippen LogP contribution is -2.12. The van der Waals surface area contributed by atoms with Crippen molar-refractivity contribution in [1.29, 1.82) is 0 Å². The topological polar surface area (TPSA) is 73.9 Å². The minimum absolute atomic E-state index is 0.223. The van der Waals surface area contributed by atoms with Crippen LogP contribution in [0.25, 0.3) is 17.2 Å². The van der Waals surface area contributed by atoms with Gasteiger partial charge in [-0.25, -0.2) is 4.79 Å². The molecule has 1 aromatic heterocycles. The van der Waals surface area contributed by atoms with Crippen LogP contribution in [-0.2, 0) is 9.53 Å². The Hall–Kier alpha value is -3.29. The predicted molar refractivity (Wildman–Crippen MR) is 133 cm³/mol. The molecule has 0 aliphatic carbocycles. The lowest BCUT2D eigenvalue weighted by Gasteiger charge is -2.09. The van der Waals surface area contributed by atoms with Crippen LogP contribution in [0.15, 0.2) is 48.5 Å². The fourth-order valence-corrected chi connectivity index (χ4v) is 4.47. The number of hydrogen-bond acceptors (Lipinski definition) is 6. The van der Waals surface area contributed by atoms with Crippen molar-refractivity contribution in [3.8, 4) is 22.6 Å². The van der Waals surface area contributed by atoms with Crippen LogP contribution in [0.4, 0.5) is 5.00 Å². The molecule has 2 aromatic carbocycles. The summed E-state index contributed by atoms with van der Waals surface area (Å²) in [6, 6.07) is 12.5.